The van der Waals surface area contributed by atoms with Gasteiger partial charge in [0.05, 0.1) is 0 Å². The van der Waals surface area contributed by atoms with Gasteiger partial charge in [-0.25, -0.2) is 0 Å². The zero-order valence-electron chi connectivity index (χ0n) is 12.5. The second kappa shape index (κ2) is 7.39. The second-order valence-electron chi connectivity index (χ2n) is 5.93. The molecule has 0 saturated carbocycles. The lowest BCUT2D eigenvalue weighted by molar-refractivity contribution is 0.233. The summed E-state index contributed by atoms with van der Waals surface area (Å²) in [6.07, 6.45) is 2.62. The molecule has 2 aromatic rings. The Morgan fingerprint density at radius 2 is 1.43 bits per heavy atom. The Hall–Kier alpha value is -1.64. The molecule has 0 unspecified atom stereocenters. The Morgan fingerprint density at radius 3 is 1.90 bits per heavy atom. The molecule has 1 atom stereocenters. The minimum Gasteiger partial charge on any atom is -0.313 e. The number of benzene rings is 2. The topological polar surface area (TPSA) is 15.3 Å². The molecule has 0 aromatic heterocycles. The van der Waals surface area contributed by atoms with E-state index in [1.54, 1.807) is 0 Å². The highest BCUT2D eigenvalue weighted by molar-refractivity contribution is 5.17. The first-order chi connectivity index (χ1) is 10.4. The molecular weight excluding hydrogens is 256 g/mol. The van der Waals surface area contributed by atoms with Crippen LogP contribution < -0.4 is 5.32 Å². The molecule has 1 fully saturated rings. The standard InChI is InChI=1S/C19H24N2/c1-3-8-17(9-4-1)14-21(16-19-12-7-13-20-19)15-18-10-5-2-6-11-18/h1-6,8-11,19-20H,7,12-16H2/t19-/m0/s1. The predicted molar refractivity (Wildman–Crippen MR) is 88.0 cm³/mol. The third kappa shape index (κ3) is 4.42. The molecule has 2 nitrogen and oxygen atoms in total. The fourth-order valence-corrected chi connectivity index (χ4v) is 3.09. The summed E-state index contributed by atoms with van der Waals surface area (Å²) in [5.74, 6) is 0. The van der Waals surface area contributed by atoms with Gasteiger partial charge in [0.15, 0.2) is 0 Å². The van der Waals surface area contributed by atoms with E-state index in [2.05, 4.69) is 70.9 Å². The van der Waals surface area contributed by atoms with Gasteiger partial charge >= 0.3 is 0 Å². The molecule has 2 aromatic carbocycles. The van der Waals surface area contributed by atoms with Gasteiger partial charge in [-0.3, -0.25) is 4.90 Å². The van der Waals surface area contributed by atoms with E-state index < -0.39 is 0 Å². The van der Waals surface area contributed by atoms with Gasteiger partial charge in [-0.2, -0.15) is 0 Å². The molecule has 1 heterocycles. The number of rotatable bonds is 6. The van der Waals surface area contributed by atoms with Crippen LogP contribution in [-0.2, 0) is 13.1 Å². The van der Waals surface area contributed by atoms with Gasteiger partial charge in [-0.05, 0) is 30.5 Å². The van der Waals surface area contributed by atoms with Gasteiger partial charge in [-0.15, -0.1) is 0 Å². The van der Waals surface area contributed by atoms with Crippen molar-refractivity contribution in [2.75, 3.05) is 13.1 Å². The van der Waals surface area contributed by atoms with Gasteiger partial charge in [0, 0.05) is 25.7 Å². The molecule has 0 spiro atoms. The van der Waals surface area contributed by atoms with E-state index in [4.69, 9.17) is 0 Å². The molecule has 21 heavy (non-hydrogen) atoms. The Balaban J connectivity index is 1.67. The Labute approximate surface area is 127 Å². The first-order valence-corrected chi connectivity index (χ1v) is 7.94. The zero-order valence-corrected chi connectivity index (χ0v) is 12.5. The molecule has 0 radical (unpaired) electrons. The minimum absolute atomic E-state index is 0.650. The van der Waals surface area contributed by atoms with E-state index >= 15 is 0 Å². The van der Waals surface area contributed by atoms with Crippen molar-refractivity contribution in [1.29, 1.82) is 0 Å². The van der Waals surface area contributed by atoms with E-state index in [1.807, 2.05) is 0 Å². The smallest absolute Gasteiger partial charge is 0.0237 e. The predicted octanol–water partition coefficient (Wildman–Crippen LogP) is 3.44. The molecule has 0 bridgehead atoms. The first kappa shape index (κ1) is 14.3. The normalized spacial score (nSPS) is 18.2. The zero-order chi connectivity index (χ0) is 14.3. The number of hydrogen-bond acceptors (Lipinski definition) is 2. The van der Waals surface area contributed by atoms with Crippen molar-refractivity contribution in [3.8, 4) is 0 Å². The van der Waals surface area contributed by atoms with Crippen molar-refractivity contribution in [2.45, 2.75) is 32.0 Å². The van der Waals surface area contributed by atoms with E-state index in [0.29, 0.717) is 6.04 Å². The van der Waals surface area contributed by atoms with Crippen LogP contribution in [0.4, 0.5) is 0 Å². The Morgan fingerprint density at radius 1 is 0.857 bits per heavy atom. The van der Waals surface area contributed by atoms with E-state index in [0.717, 1.165) is 19.6 Å². The minimum atomic E-state index is 0.650. The van der Waals surface area contributed by atoms with E-state index in [9.17, 15) is 0 Å². The first-order valence-electron chi connectivity index (χ1n) is 7.94. The number of hydrogen-bond donors (Lipinski definition) is 1. The van der Waals surface area contributed by atoms with Crippen molar-refractivity contribution in [3.05, 3.63) is 71.8 Å². The van der Waals surface area contributed by atoms with Crippen LogP contribution in [0.2, 0.25) is 0 Å². The molecular formula is C19H24N2. The highest BCUT2D eigenvalue weighted by Crippen LogP contribution is 2.13. The molecule has 0 aliphatic carbocycles. The quantitative estimate of drug-likeness (QED) is 0.872. The van der Waals surface area contributed by atoms with Crippen molar-refractivity contribution in [1.82, 2.24) is 10.2 Å². The van der Waals surface area contributed by atoms with Crippen molar-refractivity contribution in [2.24, 2.45) is 0 Å². The summed E-state index contributed by atoms with van der Waals surface area (Å²) in [6, 6.07) is 22.2. The Kier molecular flexibility index (Phi) is 5.03. The van der Waals surface area contributed by atoms with Crippen molar-refractivity contribution in [3.63, 3.8) is 0 Å². The maximum absolute atomic E-state index is 3.62. The van der Waals surface area contributed by atoms with Crippen LogP contribution in [0.5, 0.6) is 0 Å². The van der Waals surface area contributed by atoms with Gasteiger partial charge in [0.25, 0.3) is 0 Å². The van der Waals surface area contributed by atoms with Crippen LogP contribution in [0.25, 0.3) is 0 Å². The SMILES string of the molecule is c1ccc(CN(Cc2ccccc2)C[C@@H]2CCCN2)cc1. The summed E-state index contributed by atoms with van der Waals surface area (Å²) < 4.78 is 0. The van der Waals surface area contributed by atoms with Crippen LogP contribution in [0, 0.1) is 0 Å². The third-order valence-electron chi connectivity index (χ3n) is 4.14. The van der Waals surface area contributed by atoms with Crippen molar-refractivity contribution < 1.29 is 0 Å². The lowest BCUT2D eigenvalue weighted by Gasteiger charge is -2.26. The van der Waals surface area contributed by atoms with Gasteiger partial charge < -0.3 is 5.32 Å². The fourth-order valence-electron chi connectivity index (χ4n) is 3.09. The number of nitrogens with zero attached hydrogens (tertiary/aromatic N) is 1. The average molecular weight is 280 g/mol. The summed E-state index contributed by atoms with van der Waals surface area (Å²) in [4.78, 5) is 2.56. The van der Waals surface area contributed by atoms with Gasteiger partial charge in [0.2, 0.25) is 0 Å². The van der Waals surface area contributed by atoms with E-state index in [1.165, 1.54) is 30.5 Å². The monoisotopic (exact) mass is 280 g/mol. The maximum Gasteiger partial charge on any atom is 0.0237 e. The fraction of sp³-hybridized carbons (Fsp3) is 0.368. The van der Waals surface area contributed by atoms with Gasteiger partial charge in [0.1, 0.15) is 0 Å². The van der Waals surface area contributed by atoms with Crippen LogP contribution in [0.3, 0.4) is 0 Å². The molecule has 110 valence electrons. The van der Waals surface area contributed by atoms with Crippen molar-refractivity contribution >= 4 is 0 Å². The Bertz CT molecular complexity index is 476. The molecule has 0 amide bonds. The van der Waals surface area contributed by atoms with Gasteiger partial charge in [-0.1, -0.05) is 60.7 Å². The van der Waals surface area contributed by atoms with E-state index in [-0.39, 0.29) is 0 Å². The largest absolute Gasteiger partial charge is 0.313 e. The van der Waals surface area contributed by atoms with Crippen LogP contribution in [-0.4, -0.2) is 24.0 Å². The molecule has 1 N–H and O–H groups in total. The van der Waals surface area contributed by atoms with Crippen LogP contribution >= 0.6 is 0 Å². The second-order valence-corrected chi connectivity index (χ2v) is 5.93. The molecule has 1 saturated heterocycles. The maximum atomic E-state index is 3.62. The summed E-state index contributed by atoms with van der Waals surface area (Å²) in [5, 5.41) is 3.62. The molecule has 3 rings (SSSR count). The third-order valence-corrected chi connectivity index (χ3v) is 4.14. The molecule has 2 heteroatoms. The lowest BCUT2D eigenvalue weighted by Crippen LogP contribution is -2.36. The molecule has 1 aliphatic rings. The summed E-state index contributed by atoms with van der Waals surface area (Å²) in [7, 11) is 0. The summed E-state index contributed by atoms with van der Waals surface area (Å²) in [5.41, 5.74) is 2.79. The summed E-state index contributed by atoms with van der Waals surface area (Å²) >= 11 is 0. The lowest BCUT2D eigenvalue weighted by atomic mass is 10.1. The highest BCUT2D eigenvalue weighted by atomic mass is 15.2. The van der Waals surface area contributed by atoms with Crippen LogP contribution in [0.1, 0.15) is 24.0 Å². The number of nitrogens with one attached hydrogen (secondary N) is 1. The average Bonchev–Trinajstić information content (AvgIpc) is 3.02. The molecule has 1 aliphatic heterocycles. The highest BCUT2D eigenvalue weighted by Gasteiger charge is 2.18. The van der Waals surface area contributed by atoms with Crippen LogP contribution in [0.15, 0.2) is 60.7 Å². The summed E-state index contributed by atoms with van der Waals surface area (Å²) in [6.45, 7) is 4.35.